The third-order valence-electron chi connectivity index (χ3n) is 1.64. The maximum absolute atomic E-state index is 11.6. The quantitative estimate of drug-likeness (QED) is 0.806. The molecule has 0 aliphatic rings. The summed E-state index contributed by atoms with van der Waals surface area (Å²) in [4.78, 5) is 22.4. The number of sulfonamides is 1. The van der Waals surface area contributed by atoms with E-state index < -0.39 is 33.7 Å². The van der Waals surface area contributed by atoms with Gasteiger partial charge in [0, 0.05) is 0 Å². The zero-order chi connectivity index (χ0) is 14.0. The molecule has 0 aromatic carbocycles. The highest BCUT2D eigenvalue weighted by Crippen LogP contribution is 2.14. The normalized spacial score (nSPS) is 13.9. The van der Waals surface area contributed by atoms with Gasteiger partial charge in [0.2, 0.25) is 10.0 Å². The molecule has 17 heavy (non-hydrogen) atoms. The maximum atomic E-state index is 11.6. The molecule has 0 rings (SSSR count). The monoisotopic (exact) mass is 267 g/mol. The van der Waals surface area contributed by atoms with Crippen molar-refractivity contribution in [3.05, 3.63) is 0 Å². The highest BCUT2D eigenvalue weighted by Gasteiger charge is 2.36. The number of rotatable bonds is 3. The first-order chi connectivity index (χ1) is 7.36. The van der Waals surface area contributed by atoms with E-state index in [1.54, 1.807) is 20.8 Å². The van der Waals surface area contributed by atoms with Crippen LogP contribution in [0.4, 0.5) is 4.79 Å². The van der Waals surface area contributed by atoms with Crippen LogP contribution in [0.15, 0.2) is 0 Å². The molecular formula is C9H17NO6S. The molecule has 1 amide bonds. The number of ether oxygens (including phenoxy) is 1. The Balaban J connectivity index is 5.23. The molecule has 0 spiro atoms. The molecule has 1 atom stereocenters. The molecule has 0 aromatic rings. The average Bonchev–Trinajstić information content (AvgIpc) is 1.96. The van der Waals surface area contributed by atoms with Crippen molar-refractivity contribution >= 4 is 22.1 Å². The number of hydrogen-bond acceptors (Lipinski definition) is 5. The van der Waals surface area contributed by atoms with Crippen LogP contribution >= 0.6 is 0 Å². The molecule has 0 bridgehead atoms. The second-order valence-corrected chi connectivity index (χ2v) is 6.41. The van der Waals surface area contributed by atoms with Gasteiger partial charge >= 0.3 is 12.1 Å². The molecule has 0 aliphatic heterocycles. The van der Waals surface area contributed by atoms with Gasteiger partial charge < -0.3 is 9.84 Å². The fourth-order valence-corrected chi connectivity index (χ4v) is 1.96. The Morgan fingerprint density at radius 1 is 1.29 bits per heavy atom. The Kier molecular flexibility index (Phi) is 4.53. The summed E-state index contributed by atoms with van der Waals surface area (Å²) >= 11 is 0. The summed E-state index contributed by atoms with van der Waals surface area (Å²) in [5.74, 6) is -1.43. The number of hydrogen-bond donors (Lipinski definition) is 1. The van der Waals surface area contributed by atoms with E-state index in [1.165, 1.54) is 0 Å². The van der Waals surface area contributed by atoms with Crippen molar-refractivity contribution in [2.75, 3.05) is 6.26 Å². The van der Waals surface area contributed by atoms with Gasteiger partial charge in [0.05, 0.1) is 6.26 Å². The van der Waals surface area contributed by atoms with Gasteiger partial charge in [-0.15, -0.1) is 0 Å². The first kappa shape index (κ1) is 15.7. The zero-order valence-corrected chi connectivity index (χ0v) is 11.2. The zero-order valence-electron chi connectivity index (χ0n) is 10.4. The van der Waals surface area contributed by atoms with Crippen LogP contribution in [0.5, 0.6) is 0 Å². The number of carboxylic acid groups (broad SMARTS) is 1. The number of carboxylic acids is 1. The SMILES string of the molecule is C[C@@H](C(=O)O)N(C(=O)OC(C)(C)C)S(C)(=O)=O. The van der Waals surface area contributed by atoms with Gasteiger partial charge in [-0.3, -0.25) is 0 Å². The number of amides is 1. The molecular weight excluding hydrogens is 250 g/mol. The molecule has 1 N–H and O–H groups in total. The van der Waals surface area contributed by atoms with E-state index in [2.05, 4.69) is 0 Å². The second-order valence-electron chi connectivity index (χ2n) is 4.55. The van der Waals surface area contributed by atoms with Gasteiger partial charge in [-0.05, 0) is 27.7 Å². The fraction of sp³-hybridized carbons (Fsp3) is 0.778. The molecule has 0 saturated carbocycles. The summed E-state index contributed by atoms with van der Waals surface area (Å²) in [6.07, 6.45) is -0.453. The summed E-state index contributed by atoms with van der Waals surface area (Å²) in [5, 5.41) is 8.75. The minimum atomic E-state index is -4.00. The molecule has 0 aromatic heterocycles. The van der Waals surface area contributed by atoms with Crippen molar-refractivity contribution in [1.29, 1.82) is 0 Å². The number of aliphatic carboxylic acids is 1. The lowest BCUT2D eigenvalue weighted by molar-refractivity contribution is -0.140. The predicted octanol–water partition coefficient (Wildman–Crippen LogP) is 0.656. The number of nitrogens with zero attached hydrogens (tertiary/aromatic N) is 1. The molecule has 0 aliphatic carbocycles. The van der Waals surface area contributed by atoms with E-state index in [9.17, 15) is 18.0 Å². The summed E-state index contributed by atoms with van der Waals surface area (Å²) in [6.45, 7) is 5.75. The van der Waals surface area contributed by atoms with Crippen LogP contribution in [0.25, 0.3) is 0 Å². The van der Waals surface area contributed by atoms with Crippen molar-refractivity contribution in [2.24, 2.45) is 0 Å². The smallest absolute Gasteiger partial charge is 0.424 e. The van der Waals surface area contributed by atoms with Gasteiger partial charge in [-0.1, -0.05) is 0 Å². The first-order valence-corrected chi connectivity index (χ1v) is 6.66. The third kappa shape index (κ3) is 5.03. The maximum Gasteiger partial charge on any atom is 0.424 e. The molecule has 0 unspecified atom stereocenters. The van der Waals surface area contributed by atoms with Crippen LogP contribution in [-0.4, -0.2) is 47.8 Å². The van der Waals surface area contributed by atoms with Gasteiger partial charge in [-0.25, -0.2) is 18.0 Å². The largest absolute Gasteiger partial charge is 0.480 e. The first-order valence-electron chi connectivity index (χ1n) is 4.81. The van der Waals surface area contributed by atoms with Crippen LogP contribution in [0, 0.1) is 0 Å². The summed E-state index contributed by atoms with van der Waals surface area (Å²) in [6, 6.07) is -1.51. The van der Waals surface area contributed by atoms with E-state index in [4.69, 9.17) is 9.84 Å². The molecule has 0 fully saturated rings. The van der Waals surface area contributed by atoms with Gasteiger partial charge in [-0.2, -0.15) is 4.31 Å². The van der Waals surface area contributed by atoms with Crippen LogP contribution in [0.1, 0.15) is 27.7 Å². The Labute approximate surface area is 100 Å². The lowest BCUT2D eigenvalue weighted by atomic mass is 10.2. The standard InChI is InChI=1S/C9H17NO6S/c1-6(7(11)12)10(17(5,14)15)8(13)16-9(2,3)4/h6H,1-5H3,(H,11,12)/t6-/m0/s1. The Bertz CT molecular complexity index is 408. The average molecular weight is 267 g/mol. The Hall–Kier alpha value is -1.31. The topological polar surface area (TPSA) is 101 Å². The highest BCUT2D eigenvalue weighted by atomic mass is 32.2. The molecule has 0 saturated heterocycles. The lowest BCUT2D eigenvalue weighted by Crippen LogP contribution is -2.48. The fourth-order valence-electron chi connectivity index (χ4n) is 0.988. The van der Waals surface area contributed by atoms with Gasteiger partial charge in [0.15, 0.2) is 0 Å². The van der Waals surface area contributed by atoms with Crippen LogP contribution < -0.4 is 0 Å². The molecule has 8 heteroatoms. The highest BCUT2D eigenvalue weighted by molar-refractivity contribution is 7.88. The summed E-state index contributed by atoms with van der Waals surface area (Å²) in [5.41, 5.74) is -0.905. The van der Waals surface area contributed by atoms with Gasteiger partial charge in [0.25, 0.3) is 0 Å². The Morgan fingerprint density at radius 2 is 1.71 bits per heavy atom. The van der Waals surface area contributed by atoms with Crippen molar-refractivity contribution in [2.45, 2.75) is 39.3 Å². The summed E-state index contributed by atoms with van der Waals surface area (Å²) < 4.78 is 27.8. The molecule has 0 heterocycles. The van der Waals surface area contributed by atoms with E-state index in [-0.39, 0.29) is 4.31 Å². The Morgan fingerprint density at radius 3 is 1.94 bits per heavy atom. The van der Waals surface area contributed by atoms with Crippen LogP contribution in [0.3, 0.4) is 0 Å². The lowest BCUT2D eigenvalue weighted by Gasteiger charge is -2.27. The van der Waals surface area contributed by atoms with Crippen molar-refractivity contribution < 1.29 is 27.9 Å². The summed E-state index contributed by atoms with van der Waals surface area (Å²) in [7, 11) is -4.00. The van der Waals surface area contributed by atoms with Gasteiger partial charge in [0.1, 0.15) is 11.6 Å². The molecule has 100 valence electrons. The van der Waals surface area contributed by atoms with Crippen molar-refractivity contribution in [1.82, 2.24) is 4.31 Å². The van der Waals surface area contributed by atoms with Crippen molar-refractivity contribution in [3.63, 3.8) is 0 Å². The van der Waals surface area contributed by atoms with E-state index in [0.717, 1.165) is 13.2 Å². The second kappa shape index (κ2) is 4.91. The predicted molar refractivity (Wildman–Crippen MR) is 60.0 cm³/mol. The number of carbonyl (C=O) groups is 2. The third-order valence-corrected chi connectivity index (χ3v) is 2.82. The van der Waals surface area contributed by atoms with E-state index in [0.29, 0.717) is 0 Å². The number of carbonyl (C=O) groups excluding carboxylic acids is 1. The van der Waals surface area contributed by atoms with Crippen LogP contribution in [0.2, 0.25) is 0 Å². The van der Waals surface area contributed by atoms with E-state index >= 15 is 0 Å². The van der Waals surface area contributed by atoms with Crippen molar-refractivity contribution in [3.8, 4) is 0 Å². The van der Waals surface area contributed by atoms with E-state index in [1.807, 2.05) is 0 Å². The van der Waals surface area contributed by atoms with Crippen LogP contribution in [-0.2, 0) is 19.6 Å². The minimum absolute atomic E-state index is 0.209. The molecule has 7 nitrogen and oxygen atoms in total. The minimum Gasteiger partial charge on any atom is -0.480 e. The molecule has 0 radical (unpaired) electrons.